The Morgan fingerprint density at radius 1 is 1.70 bits per heavy atom. The molecule has 0 aromatic rings. The van der Waals surface area contributed by atoms with Crippen molar-refractivity contribution in [3.05, 3.63) is 6.42 Å². The van der Waals surface area contributed by atoms with E-state index in [9.17, 15) is 4.79 Å². The van der Waals surface area contributed by atoms with Gasteiger partial charge in [-0.3, -0.25) is 4.79 Å². The molecule has 0 heterocycles. The predicted octanol–water partition coefficient (Wildman–Crippen LogP) is 2.10. The Bertz CT molecular complexity index is 99.4. The molecular weight excluding hydrogens is 128 g/mol. The predicted molar refractivity (Wildman–Crippen MR) is 40.6 cm³/mol. The number of hydrogen-bond acceptors (Lipinski definition) is 1. The Balaban J connectivity index is 3.21. The van der Waals surface area contributed by atoms with Crippen LogP contribution in [0.1, 0.15) is 33.1 Å². The zero-order valence-electron chi connectivity index (χ0n) is 6.63. The van der Waals surface area contributed by atoms with Gasteiger partial charge in [-0.25, -0.2) is 0 Å². The van der Waals surface area contributed by atoms with Gasteiger partial charge in [0.1, 0.15) is 0 Å². The van der Waals surface area contributed by atoms with Crippen molar-refractivity contribution in [1.82, 2.24) is 0 Å². The third-order valence-corrected chi connectivity index (χ3v) is 1.51. The molecule has 0 saturated heterocycles. The largest absolute Gasteiger partial charge is 0.481 e. The Labute approximate surface area is 62.2 Å². The molecule has 0 rings (SSSR count). The van der Waals surface area contributed by atoms with Gasteiger partial charge >= 0.3 is 5.97 Å². The first kappa shape index (κ1) is 9.47. The van der Waals surface area contributed by atoms with Gasteiger partial charge in [0.2, 0.25) is 0 Å². The molecule has 0 aliphatic carbocycles. The van der Waals surface area contributed by atoms with Crippen molar-refractivity contribution in [2.75, 3.05) is 0 Å². The summed E-state index contributed by atoms with van der Waals surface area (Å²) in [7, 11) is 0. The summed E-state index contributed by atoms with van der Waals surface area (Å²) in [6, 6.07) is 0. The van der Waals surface area contributed by atoms with Gasteiger partial charge in [0, 0.05) is 0 Å². The van der Waals surface area contributed by atoms with Crippen LogP contribution in [0.5, 0.6) is 0 Å². The number of hydrogen-bond donors (Lipinski definition) is 1. The molecule has 2 nitrogen and oxygen atoms in total. The second-order valence-electron chi connectivity index (χ2n) is 2.51. The van der Waals surface area contributed by atoms with E-state index in [1.165, 1.54) is 0 Å². The van der Waals surface area contributed by atoms with Crippen LogP contribution in [0.4, 0.5) is 0 Å². The standard InChI is InChI=1S/C8H15O2/c1-3-4-5-6-7(2)8(9)10/h4,7H,3,5-6H2,1-2H3,(H,9,10). The summed E-state index contributed by atoms with van der Waals surface area (Å²) in [4.78, 5) is 10.3. The lowest BCUT2D eigenvalue weighted by atomic mass is 10.0. The summed E-state index contributed by atoms with van der Waals surface area (Å²) < 4.78 is 0. The molecule has 0 spiro atoms. The van der Waals surface area contributed by atoms with Crippen LogP contribution in [-0.2, 0) is 4.79 Å². The van der Waals surface area contributed by atoms with E-state index in [0.29, 0.717) is 0 Å². The second kappa shape index (κ2) is 5.27. The Kier molecular flexibility index (Phi) is 4.99. The van der Waals surface area contributed by atoms with E-state index in [1.807, 2.05) is 0 Å². The third-order valence-electron chi connectivity index (χ3n) is 1.51. The minimum absolute atomic E-state index is 0.192. The fourth-order valence-corrected chi connectivity index (χ4v) is 0.695. The molecule has 0 amide bonds. The fraction of sp³-hybridized carbons (Fsp3) is 0.750. The third kappa shape index (κ3) is 4.36. The maximum Gasteiger partial charge on any atom is 0.306 e. The Hall–Kier alpha value is -0.530. The maximum atomic E-state index is 10.3. The molecule has 10 heavy (non-hydrogen) atoms. The zero-order valence-corrected chi connectivity index (χ0v) is 6.63. The van der Waals surface area contributed by atoms with Gasteiger partial charge in [-0.2, -0.15) is 0 Å². The molecule has 1 unspecified atom stereocenters. The van der Waals surface area contributed by atoms with E-state index >= 15 is 0 Å². The van der Waals surface area contributed by atoms with Crippen LogP contribution in [0, 0.1) is 12.3 Å². The van der Waals surface area contributed by atoms with Gasteiger partial charge in [-0.15, -0.1) is 0 Å². The second-order valence-corrected chi connectivity index (χ2v) is 2.51. The van der Waals surface area contributed by atoms with Crippen molar-refractivity contribution in [1.29, 1.82) is 0 Å². The lowest BCUT2D eigenvalue weighted by molar-refractivity contribution is -0.141. The van der Waals surface area contributed by atoms with Crippen LogP contribution in [0.15, 0.2) is 0 Å². The average Bonchev–Trinajstić information content (AvgIpc) is 1.88. The van der Waals surface area contributed by atoms with Gasteiger partial charge in [-0.05, 0) is 19.3 Å². The first-order chi connectivity index (χ1) is 4.68. The molecule has 0 fully saturated rings. The van der Waals surface area contributed by atoms with E-state index in [1.54, 1.807) is 6.92 Å². The van der Waals surface area contributed by atoms with Crippen LogP contribution < -0.4 is 0 Å². The summed E-state index contributed by atoms with van der Waals surface area (Å²) in [5.74, 6) is -0.882. The average molecular weight is 143 g/mol. The van der Waals surface area contributed by atoms with Crippen molar-refractivity contribution in [2.45, 2.75) is 33.1 Å². The van der Waals surface area contributed by atoms with Crippen LogP contribution >= 0.6 is 0 Å². The van der Waals surface area contributed by atoms with Crippen molar-refractivity contribution in [3.8, 4) is 0 Å². The molecule has 0 aromatic heterocycles. The highest BCUT2D eigenvalue weighted by atomic mass is 16.4. The number of unbranched alkanes of at least 4 members (excludes halogenated alkanes) is 2. The van der Waals surface area contributed by atoms with Crippen LogP contribution in [0.3, 0.4) is 0 Å². The van der Waals surface area contributed by atoms with Crippen molar-refractivity contribution in [3.63, 3.8) is 0 Å². The number of aliphatic carboxylic acids is 1. The highest BCUT2D eigenvalue weighted by Gasteiger charge is 2.08. The molecule has 0 bridgehead atoms. The molecule has 0 aromatic carbocycles. The smallest absolute Gasteiger partial charge is 0.306 e. The van der Waals surface area contributed by atoms with E-state index < -0.39 is 5.97 Å². The van der Waals surface area contributed by atoms with Gasteiger partial charge in [0.05, 0.1) is 5.92 Å². The molecule has 2 heteroatoms. The molecule has 0 aliphatic heterocycles. The molecule has 59 valence electrons. The van der Waals surface area contributed by atoms with E-state index in [0.717, 1.165) is 19.3 Å². The van der Waals surface area contributed by atoms with Crippen LogP contribution in [0.2, 0.25) is 0 Å². The molecule has 1 atom stereocenters. The SMILES string of the molecule is CC[CH]CCC(C)C(=O)O. The first-order valence-electron chi connectivity index (χ1n) is 3.73. The Morgan fingerprint density at radius 3 is 2.70 bits per heavy atom. The summed E-state index contributed by atoms with van der Waals surface area (Å²) in [5, 5.41) is 8.47. The lowest BCUT2D eigenvalue weighted by Gasteiger charge is -2.03. The van der Waals surface area contributed by atoms with E-state index in [4.69, 9.17) is 5.11 Å². The summed E-state index contributed by atoms with van der Waals surface area (Å²) in [6.45, 7) is 3.80. The normalized spacial score (nSPS) is 13.0. The first-order valence-corrected chi connectivity index (χ1v) is 3.73. The van der Waals surface area contributed by atoms with Gasteiger partial charge < -0.3 is 5.11 Å². The zero-order chi connectivity index (χ0) is 7.98. The highest BCUT2D eigenvalue weighted by Crippen LogP contribution is 2.07. The van der Waals surface area contributed by atoms with Crippen molar-refractivity contribution in [2.24, 2.45) is 5.92 Å². The van der Waals surface area contributed by atoms with Crippen LogP contribution in [0.25, 0.3) is 0 Å². The highest BCUT2D eigenvalue weighted by molar-refractivity contribution is 5.69. The van der Waals surface area contributed by atoms with E-state index in [2.05, 4.69) is 13.3 Å². The number of carboxylic acid groups (broad SMARTS) is 1. The minimum Gasteiger partial charge on any atom is -0.481 e. The van der Waals surface area contributed by atoms with E-state index in [-0.39, 0.29) is 5.92 Å². The lowest BCUT2D eigenvalue weighted by Crippen LogP contribution is -2.08. The summed E-state index contributed by atoms with van der Waals surface area (Å²) in [6.07, 6.45) is 4.83. The van der Waals surface area contributed by atoms with Gasteiger partial charge in [0.25, 0.3) is 0 Å². The molecule has 1 N–H and O–H groups in total. The molecular formula is C8H15O2. The molecule has 0 saturated carbocycles. The van der Waals surface area contributed by atoms with Gasteiger partial charge in [0.15, 0.2) is 0 Å². The van der Waals surface area contributed by atoms with Crippen molar-refractivity contribution < 1.29 is 9.90 Å². The topological polar surface area (TPSA) is 37.3 Å². The number of carbonyl (C=O) groups is 1. The van der Waals surface area contributed by atoms with Crippen LogP contribution in [-0.4, -0.2) is 11.1 Å². The monoisotopic (exact) mass is 143 g/mol. The Morgan fingerprint density at radius 2 is 2.30 bits per heavy atom. The minimum atomic E-state index is -0.690. The van der Waals surface area contributed by atoms with Gasteiger partial charge in [-0.1, -0.05) is 20.3 Å². The summed E-state index contributed by atoms with van der Waals surface area (Å²) >= 11 is 0. The number of rotatable bonds is 5. The van der Waals surface area contributed by atoms with Crippen molar-refractivity contribution >= 4 is 5.97 Å². The number of carboxylic acids is 1. The quantitative estimate of drug-likeness (QED) is 0.598. The molecule has 1 radical (unpaired) electrons. The summed E-state index contributed by atoms with van der Waals surface area (Å²) in [5.41, 5.74) is 0. The maximum absolute atomic E-state index is 10.3. The fourth-order valence-electron chi connectivity index (χ4n) is 0.695. The molecule has 0 aliphatic rings.